The van der Waals surface area contributed by atoms with Crippen LogP contribution in [-0.2, 0) is 14.8 Å². The van der Waals surface area contributed by atoms with Gasteiger partial charge in [-0.3, -0.25) is 9.10 Å². The monoisotopic (exact) mass is 438 g/mol. The number of aryl methyl sites for hydroxylation is 2. The molecule has 0 aromatic heterocycles. The lowest BCUT2D eigenvalue weighted by atomic mass is 9.99. The Morgan fingerprint density at radius 3 is 2.38 bits per heavy atom. The van der Waals surface area contributed by atoms with Crippen LogP contribution in [-0.4, -0.2) is 34.2 Å². The van der Waals surface area contributed by atoms with Gasteiger partial charge in [-0.05, 0) is 55.2 Å². The number of nitrogens with one attached hydrogen (secondary N) is 1. The lowest BCUT2D eigenvalue weighted by molar-refractivity contribution is -0.120. The molecule has 0 bridgehead atoms. The smallest absolute Gasteiger partial charge is 0.241 e. The van der Waals surface area contributed by atoms with Crippen LogP contribution in [0.25, 0.3) is 0 Å². The Kier molecular flexibility index (Phi) is 7.54. The molecule has 2 rings (SSSR count). The lowest BCUT2D eigenvalue weighted by Crippen LogP contribution is -2.41. The zero-order valence-electron chi connectivity index (χ0n) is 17.3. The minimum Gasteiger partial charge on any atom is -0.495 e. The maximum absolute atomic E-state index is 12.7. The Morgan fingerprint density at radius 1 is 1.17 bits per heavy atom. The van der Waals surface area contributed by atoms with E-state index in [1.54, 1.807) is 12.1 Å². The summed E-state index contributed by atoms with van der Waals surface area (Å²) in [7, 11) is -2.22. The van der Waals surface area contributed by atoms with E-state index in [1.165, 1.54) is 18.7 Å². The molecular formula is C21H27ClN2O4S. The molecule has 0 radical (unpaired) electrons. The van der Waals surface area contributed by atoms with Crippen LogP contribution in [0.4, 0.5) is 5.69 Å². The van der Waals surface area contributed by atoms with Gasteiger partial charge in [0.25, 0.3) is 0 Å². The Bertz CT molecular complexity index is 992. The fourth-order valence-electron chi connectivity index (χ4n) is 2.98. The van der Waals surface area contributed by atoms with Crippen LogP contribution in [0, 0.1) is 13.8 Å². The molecular weight excluding hydrogens is 412 g/mol. The molecule has 1 N–H and O–H groups in total. The molecule has 6 nitrogen and oxygen atoms in total. The number of carbonyl (C=O) groups excluding carboxylic acids is 1. The minimum atomic E-state index is -3.70. The minimum absolute atomic E-state index is 0.206. The van der Waals surface area contributed by atoms with Crippen molar-refractivity contribution in [3.8, 4) is 5.75 Å². The Hall–Kier alpha value is -2.25. The van der Waals surface area contributed by atoms with Gasteiger partial charge in [0.05, 0.1) is 30.1 Å². The molecule has 0 saturated carbocycles. The number of sulfonamides is 1. The second-order valence-corrected chi connectivity index (χ2v) is 9.27. The number of carbonyl (C=O) groups is 1. The summed E-state index contributed by atoms with van der Waals surface area (Å²) in [6.07, 6.45) is 1.74. The number of ether oxygens (including phenoxy) is 1. The standard InChI is InChI=1S/C21H27ClN2O4S/c1-6-19(16-8-7-14(2)15(3)11-16)23-21(25)13-24(29(5,26)27)17-9-10-20(28-4)18(22)12-17/h7-12,19H,6,13H2,1-5H3,(H,23,25). The number of rotatable bonds is 8. The number of amides is 1. The largest absolute Gasteiger partial charge is 0.495 e. The number of anilines is 1. The van der Waals surface area contributed by atoms with Gasteiger partial charge in [-0.2, -0.15) is 0 Å². The summed E-state index contributed by atoms with van der Waals surface area (Å²) in [4.78, 5) is 12.7. The quantitative estimate of drug-likeness (QED) is 0.675. The first-order chi connectivity index (χ1) is 13.6. The van der Waals surface area contributed by atoms with Crippen LogP contribution < -0.4 is 14.4 Å². The van der Waals surface area contributed by atoms with Gasteiger partial charge in [-0.1, -0.05) is 36.7 Å². The van der Waals surface area contributed by atoms with Gasteiger partial charge in [0.2, 0.25) is 15.9 Å². The lowest BCUT2D eigenvalue weighted by Gasteiger charge is -2.24. The van der Waals surface area contributed by atoms with E-state index in [2.05, 4.69) is 5.32 Å². The molecule has 0 aliphatic carbocycles. The van der Waals surface area contributed by atoms with E-state index in [0.29, 0.717) is 17.9 Å². The highest BCUT2D eigenvalue weighted by Crippen LogP contribution is 2.30. The van der Waals surface area contributed by atoms with Crippen molar-refractivity contribution in [1.82, 2.24) is 5.32 Å². The highest BCUT2D eigenvalue weighted by Gasteiger charge is 2.23. The summed E-state index contributed by atoms with van der Waals surface area (Å²) in [6, 6.07) is 10.4. The summed E-state index contributed by atoms with van der Waals surface area (Å²) in [5.74, 6) is 0.0292. The number of hydrogen-bond acceptors (Lipinski definition) is 4. The number of methoxy groups -OCH3 is 1. The SMILES string of the molecule is CCC(NC(=O)CN(c1ccc(OC)c(Cl)c1)S(C)(=O)=O)c1ccc(C)c(C)c1. The summed E-state index contributed by atoms with van der Waals surface area (Å²) in [5.41, 5.74) is 3.60. The van der Waals surface area contributed by atoms with Crippen LogP contribution in [0.1, 0.15) is 36.1 Å². The van der Waals surface area contributed by atoms with Crippen molar-refractivity contribution in [1.29, 1.82) is 0 Å². The first kappa shape index (κ1) is 23.0. The Labute approximate surface area is 177 Å². The molecule has 0 saturated heterocycles. The van der Waals surface area contributed by atoms with Crippen LogP contribution >= 0.6 is 11.6 Å². The van der Waals surface area contributed by atoms with E-state index in [0.717, 1.165) is 21.7 Å². The first-order valence-corrected chi connectivity index (χ1v) is 11.5. The first-order valence-electron chi connectivity index (χ1n) is 9.24. The predicted molar refractivity (Wildman–Crippen MR) is 117 cm³/mol. The second kappa shape index (κ2) is 9.50. The summed E-state index contributed by atoms with van der Waals surface area (Å²) in [5, 5.41) is 3.20. The second-order valence-electron chi connectivity index (χ2n) is 6.96. The van der Waals surface area contributed by atoms with Gasteiger partial charge >= 0.3 is 0 Å². The molecule has 29 heavy (non-hydrogen) atoms. The van der Waals surface area contributed by atoms with Gasteiger partial charge < -0.3 is 10.1 Å². The van der Waals surface area contributed by atoms with E-state index in [4.69, 9.17) is 16.3 Å². The van der Waals surface area contributed by atoms with Crippen LogP contribution in [0.3, 0.4) is 0 Å². The van der Waals surface area contributed by atoms with Gasteiger partial charge in [0.15, 0.2) is 0 Å². The highest BCUT2D eigenvalue weighted by atomic mass is 35.5. The van der Waals surface area contributed by atoms with Gasteiger partial charge in [0.1, 0.15) is 12.3 Å². The molecule has 0 spiro atoms. The third kappa shape index (κ3) is 5.87. The van der Waals surface area contributed by atoms with E-state index in [1.807, 2.05) is 39.0 Å². The van der Waals surface area contributed by atoms with Gasteiger partial charge in [0, 0.05) is 0 Å². The fraction of sp³-hybridized carbons (Fsp3) is 0.381. The van der Waals surface area contributed by atoms with Crippen molar-refractivity contribution in [3.63, 3.8) is 0 Å². The average molecular weight is 439 g/mol. The molecule has 1 unspecified atom stereocenters. The number of halogens is 1. The third-order valence-electron chi connectivity index (χ3n) is 4.79. The molecule has 2 aromatic carbocycles. The number of hydrogen-bond donors (Lipinski definition) is 1. The van der Waals surface area contributed by atoms with E-state index in [-0.39, 0.29) is 17.6 Å². The molecule has 158 valence electrons. The molecule has 0 heterocycles. The maximum atomic E-state index is 12.7. The van der Waals surface area contributed by atoms with Crippen molar-refractivity contribution in [2.24, 2.45) is 0 Å². The molecule has 1 amide bonds. The number of benzene rings is 2. The molecule has 0 aliphatic heterocycles. The topological polar surface area (TPSA) is 75.7 Å². The van der Waals surface area contributed by atoms with E-state index in [9.17, 15) is 13.2 Å². The van der Waals surface area contributed by atoms with Gasteiger partial charge in [-0.15, -0.1) is 0 Å². The van der Waals surface area contributed by atoms with Crippen molar-refractivity contribution in [2.75, 3.05) is 24.2 Å². The van der Waals surface area contributed by atoms with Crippen LogP contribution in [0.5, 0.6) is 5.75 Å². The number of nitrogens with zero attached hydrogens (tertiary/aromatic N) is 1. The maximum Gasteiger partial charge on any atom is 0.241 e. The van der Waals surface area contributed by atoms with Crippen molar-refractivity contribution in [3.05, 3.63) is 58.1 Å². The molecule has 0 aliphatic rings. The van der Waals surface area contributed by atoms with Crippen molar-refractivity contribution < 1.29 is 17.9 Å². The highest BCUT2D eigenvalue weighted by molar-refractivity contribution is 7.92. The molecule has 8 heteroatoms. The molecule has 2 aromatic rings. The van der Waals surface area contributed by atoms with E-state index < -0.39 is 15.9 Å². The predicted octanol–water partition coefficient (Wildman–Crippen LogP) is 4.00. The van der Waals surface area contributed by atoms with Crippen LogP contribution in [0.15, 0.2) is 36.4 Å². The van der Waals surface area contributed by atoms with Crippen molar-refractivity contribution in [2.45, 2.75) is 33.2 Å². The van der Waals surface area contributed by atoms with Gasteiger partial charge in [-0.25, -0.2) is 8.42 Å². The zero-order valence-corrected chi connectivity index (χ0v) is 18.9. The van der Waals surface area contributed by atoms with Crippen molar-refractivity contribution >= 4 is 33.2 Å². The Balaban J connectivity index is 2.23. The third-order valence-corrected chi connectivity index (χ3v) is 6.22. The summed E-state index contributed by atoms with van der Waals surface area (Å²) >= 11 is 6.13. The Morgan fingerprint density at radius 2 is 1.86 bits per heavy atom. The van der Waals surface area contributed by atoms with E-state index >= 15 is 0 Å². The molecule has 1 atom stereocenters. The normalized spacial score (nSPS) is 12.3. The summed E-state index contributed by atoms with van der Waals surface area (Å²) < 4.78 is 30.8. The fourth-order valence-corrected chi connectivity index (χ4v) is 4.08. The summed E-state index contributed by atoms with van der Waals surface area (Å²) in [6.45, 7) is 5.68. The van der Waals surface area contributed by atoms with Crippen LogP contribution in [0.2, 0.25) is 5.02 Å². The molecule has 0 fully saturated rings. The average Bonchev–Trinajstić information content (AvgIpc) is 2.65. The zero-order chi connectivity index (χ0) is 21.8.